The number of halogens is 2. The van der Waals surface area contributed by atoms with Gasteiger partial charge in [-0.1, -0.05) is 0 Å². The van der Waals surface area contributed by atoms with Gasteiger partial charge in [-0.25, -0.2) is 8.78 Å². The van der Waals surface area contributed by atoms with Crippen LogP contribution in [-0.4, -0.2) is 31.1 Å². The zero-order chi connectivity index (χ0) is 17.4. The number of nitrogens with zero attached hydrogens (tertiary/aromatic N) is 1. The summed E-state index contributed by atoms with van der Waals surface area (Å²) in [6.07, 6.45) is 5.80. The van der Waals surface area contributed by atoms with Crippen molar-refractivity contribution in [1.29, 1.82) is 0 Å². The van der Waals surface area contributed by atoms with Gasteiger partial charge in [-0.3, -0.25) is 9.79 Å². The van der Waals surface area contributed by atoms with E-state index in [1.807, 2.05) is 0 Å². The molecular formula is C20H24F2N2O. The number of carbonyl (C=O) groups excluding carboxylic acids is 1. The Hall–Kier alpha value is -1.62. The Bertz CT molecular complexity index is 658. The first-order chi connectivity index (χ1) is 12.1. The van der Waals surface area contributed by atoms with Crippen LogP contribution in [0.25, 0.3) is 0 Å². The molecule has 1 aliphatic carbocycles. The van der Waals surface area contributed by atoms with Crippen LogP contribution >= 0.6 is 0 Å². The van der Waals surface area contributed by atoms with Crippen molar-refractivity contribution in [3.63, 3.8) is 0 Å². The Balaban J connectivity index is 1.40. The van der Waals surface area contributed by atoms with Crippen LogP contribution in [0.15, 0.2) is 23.2 Å². The van der Waals surface area contributed by atoms with Gasteiger partial charge in [0, 0.05) is 18.2 Å². The maximum atomic E-state index is 13.5. The standard InChI is InChI=1S/C20H24F2N2O/c21-17-7-13(8-18(22)9-17)12-1-2-19(24-4-3-12)20(25)14-5-15-10-23-11-16(15)6-14/h4,7-9,12,14-16,19,23H,1-3,5-6,10-11H2. The molecule has 0 radical (unpaired) electrons. The molecule has 2 aliphatic heterocycles. The molecule has 3 aliphatic rings. The van der Waals surface area contributed by atoms with Gasteiger partial charge >= 0.3 is 0 Å². The van der Waals surface area contributed by atoms with Crippen molar-refractivity contribution in [2.24, 2.45) is 22.7 Å². The van der Waals surface area contributed by atoms with E-state index >= 15 is 0 Å². The number of ketones is 1. The molecule has 1 aromatic rings. The highest BCUT2D eigenvalue weighted by atomic mass is 19.1. The van der Waals surface area contributed by atoms with Crippen molar-refractivity contribution in [1.82, 2.24) is 5.32 Å². The highest BCUT2D eigenvalue weighted by Crippen LogP contribution is 2.40. The monoisotopic (exact) mass is 346 g/mol. The van der Waals surface area contributed by atoms with E-state index in [9.17, 15) is 13.6 Å². The fourth-order valence-electron chi connectivity index (χ4n) is 4.87. The maximum Gasteiger partial charge on any atom is 0.160 e. The van der Waals surface area contributed by atoms with Crippen molar-refractivity contribution in [2.75, 3.05) is 13.1 Å². The number of fused-ring (bicyclic) bond motifs is 1. The number of rotatable bonds is 3. The Morgan fingerprint density at radius 1 is 1.04 bits per heavy atom. The summed E-state index contributed by atoms with van der Waals surface area (Å²) < 4.78 is 26.9. The lowest BCUT2D eigenvalue weighted by Gasteiger charge is -2.17. The van der Waals surface area contributed by atoms with Crippen LogP contribution in [0.1, 0.15) is 43.6 Å². The van der Waals surface area contributed by atoms with Gasteiger partial charge in [-0.2, -0.15) is 0 Å². The fraction of sp³-hybridized carbons (Fsp3) is 0.600. The van der Waals surface area contributed by atoms with E-state index in [0.29, 0.717) is 30.2 Å². The Morgan fingerprint density at radius 3 is 2.40 bits per heavy atom. The van der Waals surface area contributed by atoms with Gasteiger partial charge in [0.2, 0.25) is 0 Å². The van der Waals surface area contributed by atoms with Crippen molar-refractivity contribution in [2.45, 2.75) is 44.1 Å². The van der Waals surface area contributed by atoms with Gasteiger partial charge in [-0.15, -0.1) is 0 Å². The molecule has 1 saturated heterocycles. The number of benzene rings is 1. The van der Waals surface area contributed by atoms with E-state index in [2.05, 4.69) is 10.3 Å². The molecule has 3 nitrogen and oxygen atoms in total. The molecule has 2 heterocycles. The second-order valence-corrected chi connectivity index (χ2v) is 7.81. The Morgan fingerprint density at radius 2 is 1.72 bits per heavy atom. The average Bonchev–Trinajstić information content (AvgIpc) is 3.07. The summed E-state index contributed by atoms with van der Waals surface area (Å²) in [5.41, 5.74) is 0.665. The Labute approximate surface area is 146 Å². The van der Waals surface area contributed by atoms with E-state index in [1.54, 1.807) is 6.21 Å². The lowest BCUT2D eigenvalue weighted by atomic mass is 9.88. The minimum absolute atomic E-state index is 0.0268. The minimum Gasteiger partial charge on any atom is -0.316 e. The smallest absolute Gasteiger partial charge is 0.160 e. The third kappa shape index (κ3) is 3.52. The highest BCUT2D eigenvalue weighted by Gasteiger charge is 2.42. The van der Waals surface area contributed by atoms with Crippen LogP contribution in [0.4, 0.5) is 8.78 Å². The quantitative estimate of drug-likeness (QED) is 0.910. The number of hydrogen-bond acceptors (Lipinski definition) is 3. The number of Topliss-reactive ketones (excluding diaryl/α,β-unsaturated/α-hetero) is 1. The molecule has 5 heteroatoms. The summed E-state index contributed by atoms with van der Waals surface area (Å²) in [5.74, 6) is 0.640. The zero-order valence-electron chi connectivity index (χ0n) is 14.3. The van der Waals surface area contributed by atoms with E-state index < -0.39 is 11.6 Å². The summed E-state index contributed by atoms with van der Waals surface area (Å²) in [6, 6.07) is 3.41. The first-order valence-corrected chi connectivity index (χ1v) is 9.32. The number of hydrogen-bond donors (Lipinski definition) is 1. The van der Waals surface area contributed by atoms with Gasteiger partial charge in [-0.05, 0) is 80.6 Å². The predicted octanol–water partition coefficient (Wildman–Crippen LogP) is 3.49. The summed E-state index contributed by atoms with van der Waals surface area (Å²) in [4.78, 5) is 17.4. The van der Waals surface area contributed by atoms with Crippen LogP contribution in [-0.2, 0) is 4.79 Å². The van der Waals surface area contributed by atoms with Gasteiger partial charge < -0.3 is 5.32 Å². The van der Waals surface area contributed by atoms with Crippen LogP contribution in [0.3, 0.4) is 0 Å². The number of nitrogens with one attached hydrogen (secondary N) is 1. The fourth-order valence-corrected chi connectivity index (χ4v) is 4.87. The molecule has 4 rings (SSSR count). The van der Waals surface area contributed by atoms with Crippen LogP contribution in [0, 0.1) is 29.4 Å². The summed E-state index contributed by atoms with van der Waals surface area (Å²) in [5, 5.41) is 3.40. The molecule has 4 unspecified atom stereocenters. The van der Waals surface area contributed by atoms with Crippen LogP contribution < -0.4 is 5.32 Å². The lowest BCUT2D eigenvalue weighted by Crippen LogP contribution is -2.27. The molecule has 4 atom stereocenters. The second kappa shape index (κ2) is 6.94. The first kappa shape index (κ1) is 16.8. The maximum absolute atomic E-state index is 13.5. The molecule has 0 bridgehead atoms. The summed E-state index contributed by atoms with van der Waals surface area (Å²) in [6.45, 7) is 2.07. The second-order valence-electron chi connectivity index (χ2n) is 7.81. The Kier molecular flexibility index (Phi) is 4.67. The van der Waals surface area contributed by atoms with E-state index in [0.717, 1.165) is 38.4 Å². The molecule has 0 spiro atoms. The first-order valence-electron chi connectivity index (χ1n) is 9.32. The molecule has 1 saturated carbocycles. The normalized spacial score (nSPS) is 34.7. The van der Waals surface area contributed by atoms with Crippen molar-refractivity contribution in [3.05, 3.63) is 35.4 Å². The third-order valence-corrected chi connectivity index (χ3v) is 6.21. The van der Waals surface area contributed by atoms with E-state index in [4.69, 9.17) is 0 Å². The zero-order valence-corrected chi connectivity index (χ0v) is 14.3. The highest BCUT2D eigenvalue weighted by molar-refractivity contribution is 5.88. The molecule has 0 amide bonds. The lowest BCUT2D eigenvalue weighted by molar-refractivity contribution is -0.124. The minimum atomic E-state index is -0.546. The molecule has 134 valence electrons. The van der Waals surface area contributed by atoms with Gasteiger partial charge in [0.1, 0.15) is 17.7 Å². The molecule has 1 aromatic carbocycles. The SMILES string of the molecule is O=C(C1CC2CNCC2C1)C1CCC(c2cc(F)cc(F)c2)CC=N1. The molecule has 0 aromatic heterocycles. The van der Waals surface area contributed by atoms with Gasteiger partial charge in [0.05, 0.1) is 0 Å². The molecule has 25 heavy (non-hydrogen) atoms. The van der Waals surface area contributed by atoms with E-state index in [1.165, 1.54) is 12.1 Å². The predicted molar refractivity (Wildman–Crippen MR) is 92.8 cm³/mol. The van der Waals surface area contributed by atoms with Gasteiger partial charge in [0.25, 0.3) is 0 Å². The largest absolute Gasteiger partial charge is 0.316 e. The van der Waals surface area contributed by atoms with Crippen LogP contribution in [0.2, 0.25) is 0 Å². The molecule has 2 fully saturated rings. The van der Waals surface area contributed by atoms with Crippen molar-refractivity contribution in [3.8, 4) is 0 Å². The van der Waals surface area contributed by atoms with Crippen molar-refractivity contribution < 1.29 is 13.6 Å². The van der Waals surface area contributed by atoms with Gasteiger partial charge in [0.15, 0.2) is 5.78 Å². The summed E-state index contributed by atoms with van der Waals surface area (Å²) >= 11 is 0. The van der Waals surface area contributed by atoms with Crippen LogP contribution in [0.5, 0.6) is 0 Å². The topological polar surface area (TPSA) is 41.5 Å². The number of carbonyl (C=O) groups is 1. The van der Waals surface area contributed by atoms with Crippen molar-refractivity contribution >= 4 is 12.0 Å². The number of aliphatic imine (C=N–C) groups is 1. The molecular weight excluding hydrogens is 322 g/mol. The van der Waals surface area contributed by atoms with E-state index in [-0.39, 0.29) is 23.7 Å². The third-order valence-electron chi connectivity index (χ3n) is 6.21. The average molecular weight is 346 g/mol. The summed E-state index contributed by atoms with van der Waals surface area (Å²) in [7, 11) is 0. The molecule has 1 N–H and O–H groups in total.